The minimum Gasteiger partial charge on any atom is -0.495 e. The summed E-state index contributed by atoms with van der Waals surface area (Å²) in [6.45, 7) is 1.90. The van der Waals surface area contributed by atoms with Crippen molar-refractivity contribution in [3.05, 3.63) is 29.5 Å². The number of hydrogen-bond donors (Lipinski definition) is 1. The summed E-state index contributed by atoms with van der Waals surface area (Å²) in [5, 5.41) is 13.2. The van der Waals surface area contributed by atoms with Gasteiger partial charge in [-0.1, -0.05) is 0 Å². The normalized spacial score (nSPS) is 10.1. The van der Waals surface area contributed by atoms with Crippen molar-refractivity contribution in [1.82, 2.24) is 9.78 Å². The molecule has 0 saturated carbocycles. The number of ether oxygens (including phenoxy) is 1. The van der Waals surface area contributed by atoms with Crippen LogP contribution in [-0.2, 0) is 7.05 Å². The highest BCUT2D eigenvalue weighted by atomic mass is 16.5. The van der Waals surface area contributed by atoms with Crippen LogP contribution in [0.3, 0.4) is 0 Å². The monoisotopic (exact) mass is 242 g/mol. The molecule has 0 aliphatic carbocycles. The van der Waals surface area contributed by atoms with Crippen LogP contribution in [0, 0.1) is 18.3 Å². The van der Waals surface area contributed by atoms with Crippen molar-refractivity contribution in [3.8, 4) is 22.9 Å². The van der Waals surface area contributed by atoms with Crippen LogP contribution in [0.5, 0.6) is 5.75 Å². The molecule has 5 nitrogen and oxygen atoms in total. The Hall–Kier alpha value is -2.48. The zero-order valence-electron chi connectivity index (χ0n) is 10.6. The Morgan fingerprint density at radius 1 is 1.44 bits per heavy atom. The summed E-state index contributed by atoms with van der Waals surface area (Å²) in [6.07, 6.45) is 1.69. The van der Waals surface area contributed by atoms with E-state index in [1.165, 1.54) is 0 Å². The quantitative estimate of drug-likeness (QED) is 0.871. The molecule has 0 radical (unpaired) electrons. The highest BCUT2D eigenvalue weighted by molar-refractivity contribution is 5.76. The third-order valence-corrected chi connectivity index (χ3v) is 2.89. The Kier molecular flexibility index (Phi) is 2.94. The second kappa shape index (κ2) is 4.41. The van der Waals surface area contributed by atoms with Crippen molar-refractivity contribution < 1.29 is 4.74 Å². The van der Waals surface area contributed by atoms with Crippen LogP contribution in [-0.4, -0.2) is 16.9 Å². The number of benzene rings is 1. The minimum absolute atomic E-state index is 0.496. The van der Waals surface area contributed by atoms with Crippen molar-refractivity contribution in [2.75, 3.05) is 12.8 Å². The molecule has 1 aromatic heterocycles. The number of aromatic nitrogens is 2. The molecule has 92 valence electrons. The maximum atomic E-state index is 9.14. The van der Waals surface area contributed by atoms with E-state index in [1.807, 2.05) is 13.0 Å². The number of hydrogen-bond acceptors (Lipinski definition) is 4. The average Bonchev–Trinajstić information content (AvgIpc) is 2.69. The molecule has 0 aliphatic heterocycles. The molecule has 0 aliphatic rings. The van der Waals surface area contributed by atoms with Crippen LogP contribution < -0.4 is 10.5 Å². The lowest BCUT2D eigenvalue weighted by Crippen LogP contribution is -1.98. The molecule has 2 aromatic rings. The van der Waals surface area contributed by atoms with Crippen molar-refractivity contribution in [2.24, 2.45) is 7.05 Å². The molecule has 0 amide bonds. The van der Waals surface area contributed by atoms with Crippen molar-refractivity contribution in [2.45, 2.75) is 6.92 Å². The lowest BCUT2D eigenvalue weighted by molar-refractivity contribution is 0.410. The third kappa shape index (κ3) is 1.78. The van der Waals surface area contributed by atoms with E-state index >= 15 is 0 Å². The number of aryl methyl sites for hydroxylation is 2. The number of nitrogen functional groups attached to an aromatic ring is 1. The van der Waals surface area contributed by atoms with Crippen LogP contribution in [0.15, 0.2) is 18.3 Å². The average molecular weight is 242 g/mol. The van der Waals surface area contributed by atoms with Crippen LogP contribution in [0.25, 0.3) is 11.1 Å². The lowest BCUT2D eigenvalue weighted by atomic mass is 10.0. The first kappa shape index (κ1) is 12.0. The van der Waals surface area contributed by atoms with Gasteiger partial charge in [0.05, 0.1) is 18.9 Å². The lowest BCUT2D eigenvalue weighted by Gasteiger charge is -2.09. The van der Waals surface area contributed by atoms with E-state index < -0.39 is 0 Å². The zero-order valence-corrected chi connectivity index (χ0v) is 10.6. The standard InChI is InChI=1S/C13H14N4O/c1-8-4-9(5-10(6-14)12(8)18-3)11-7-16-17(2)13(11)15/h4-5,7H,15H2,1-3H3. The van der Waals surface area contributed by atoms with E-state index in [1.54, 1.807) is 31.1 Å². The Morgan fingerprint density at radius 2 is 2.17 bits per heavy atom. The maximum absolute atomic E-state index is 9.14. The predicted molar refractivity (Wildman–Crippen MR) is 69.1 cm³/mol. The van der Waals surface area contributed by atoms with Gasteiger partial charge in [0.15, 0.2) is 0 Å². The van der Waals surface area contributed by atoms with E-state index in [4.69, 9.17) is 15.7 Å². The van der Waals surface area contributed by atoms with E-state index in [0.29, 0.717) is 17.1 Å². The number of rotatable bonds is 2. The molecule has 0 atom stereocenters. The Bertz CT molecular complexity index is 637. The smallest absolute Gasteiger partial charge is 0.139 e. The second-order valence-corrected chi connectivity index (χ2v) is 4.05. The molecule has 2 N–H and O–H groups in total. The number of nitriles is 1. The summed E-state index contributed by atoms with van der Waals surface area (Å²) in [5.41, 5.74) is 9.02. The van der Waals surface area contributed by atoms with Gasteiger partial charge < -0.3 is 10.5 Å². The summed E-state index contributed by atoms with van der Waals surface area (Å²) in [4.78, 5) is 0. The number of anilines is 1. The SMILES string of the molecule is COc1c(C)cc(-c2cnn(C)c2N)cc1C#N. The molecule has 0 saturated heterocycles. The van der Waals surface area contributed by atoms with Gasteiger partial charge >= 0.3 is 0 Å². The van der Waals surface area contributed by atoms with Crippen molar-refractivity contribution >= 4 is 5.82 Å². The first-order valence-corrected chi connectivity index (χ1v) is 5.45. The number of nitrogens with two attached hydrogens (primary N) is 1. The molecule has 0 unspecified atom stereocenters. The van der Waals surface area contributed by atoms with E-state index in [0.717, 1.165) is 16.7 Å². The summed E-state index contributed by atoms with van der Waals surface area (Å²) in [6, 6.07) is 5.83. The molecule has 5 heteroatoms. The largest absolute Gasteiger partial charge is 0.495 e. The van der Waals surface area contributed by atoms with Crippen molar-refractivity contribution in [1.29, 1.82) is 5.26 Å². The van der Waals surface area contributed by atoms with E-state index in [-0.39, 0.29) is 0 Å². The molecular weight excluding hydrogens is 228 g/mol. The van der Waals surface area contributed by atoms with Gasteiger partial charge in [-0.2, -0.15) is 10.4 Å². The predicted octanol–water partition coefficient (Wildman–Crippen LogP) is 1.86. The topological polar surface area (TPSA) is 76.9 Å². The fourth-order valence-corrected chi connectivity index (χ4v) is 1.95. The van der Waals surface area contributed by atoms with E-state index in [2.05, 4.69) is 11.2 Å². The van der Waals surface area contributed by atoms with Gasteiger partial charge in [-0.25, -0.2) is 0 Å². The highest BCUT2D eigenvalue weighted by Gasteiger charge is 2.13. The van der Waals surface area contributed by atoms with Gasteiger partial charge in [0.1, 0.15) is 17.6 Å². The fourth-order valence-electron chi connectivity index (χ4n) is 1.95. The highest BCUT2D eigenvalue weighted by Crippen LogP contribution is 2.32. The molecule has 2 rings (SSSR count). The minimum atomic E-state index is 0.496. The summed E-state index contributed by atoms with van der Waals surface area (Å²) in [5.74, 6) is 1.17. The molecular formula is C13H14N4O. The Morgan fingerprint density at radius 3 is 2.67 bits per heavy atom. The molecule has 18 heavy (non-hydrogen) atoms. The first-order chi connectivity index (χ1) is 8.58. The molecule has 0 spiro atoms. The zero-order chi connectivity index (χ0) is 13.3. The van der Waals surface area contributed by atoms with Gasteiger partial charge in [-0.15, -0.1) is 0 Å². The molecule has 1 aromatic carbocycles. The van der Waals surface area contributed by atoms with Gasteiger partial charge in [-0.3, -0.25) is 4.68 Å². The van der Waals surface area contributed by atoms with Crippen molar-refractivity contribution in [3.63, 3.8) is 0 Å². The van der Waals surface area contributed by atoms with Crippen LogP contribution in [0.2, 0.25) is 0 Å². The summed E-state index contributed by atoms with van der Waals surface area (Å²) < 4.78 is 6.82. The van der Waals surface area contributed by atoms with Gasteiger partial charge in [0.25, 0.3) is 0 Å². The van der Waals surface area contributed by atoms with Crippen LogP contribution in [0.4, 0.5) is 5.82 Å². The number of methoxy groups -OCH3 is 1. The van der Waals surface area contributed by atoms with Gasteiger partial charge in [0, 0.05) is 12.6 Å². The van der Waals surface area contributed by atoms with Gasteiger partial charge in [-0.05, 0) is 30.2 Å². The first-order valence-electron chi connectivity index (χ1n) is 5.45. The summed E-state index contributed by atoms with van der Waals surface area (Å²) in [7, 11) is 3.34. The molecule has 0 fully saturated rings. The Labute approximate surface area is 105 Å². The molecule has 0 bridgehead atoms. The fraction of sp³-hybridized carbons (Fsp3) is 0.231. The maximum Gasteiger partial charge on any atom is 0.139 e. The summed E-state index contributed by atoms with van der Waals surface area (Å²) >= 11 is 0. The second-order valence-electron chi connectivity index (χ2n) is 4.05. The van der Waals surface area contributed by atoms with Gasteiger partial charge in [0.2, 0.25) is 0 Å². The third-order valence-electron chi connectivity index (χ3n) is 2.89. The molecule has 1 heterocycles. The Balaban J connectivity index is 2.64. The van der Waals surface area contributed by atoms with E-state index in [9.17, 15) is 0 Å². The van der Waals surface area contributed by atoms with Crippen LogP contribution in [0.1, 0.15) is 11.1 Å². The number of nitrogens with zero attached hydrogens (tertiary/aromatic N) is 3. The van der Waals surface area contributed by atoms with Crippen LogP contribution >= 0.6 is 0 Å².